The van der Waals surface area contributed by atoms with Crippen molar-refractivity contribution in [2.24, 2.45) is 0 Å². The van der Waals surface area contributed by atoms with Gasteiger partial charge in [0.15, 0.2) is 0 Å². The lowest BCUT2D eigenvalue weighted by molar-refractivity contribution is -0.150. The Morgan fingerprint density at radius 1 is 1.39 bits per heavy atom. The summed E-state index contributed by atoms with van der Waals surface area (Å²) in [5.74, 6) is -0.917. The van der Waals surface area contributed by atoms with Crippen LogP contribution in [0.4, 0.5) is 0 Å². The molecule has 0 spiro atoms. The maximum absolute atomic E-state index is 12.2. The Morgan fingerprint density at radius 2 is 2.11 bits per heavy atom. The topological polar surface area (TPSA) is 69.6 Å². The summed E-state index contributed by atoms with van der Waals surface area (Å²) in [7, 11) is 0. The minimum absolute atomic E-state index is 0.0437. The normalized spacial score (nSPS) is 22.3. The minimum atomic E-state index is -0.874. The molecule has 0 aromatic rings. The monoisotopic (exact) mass is 256 g/mol. The molecule has 1 aliphatic rings. The molecule has 1 rings (SSSR count). The molecule has 5 nitrogen and oxygen atoms in total. The number of hydrogen-bond acceptors (Lipinski definition) is 3. The van der Waals surface area contributed by atoms with E-state index in [2.05, 4.69) is 5.32 Å². The smallest absolute Gasteiger partial charge is 0.326 e. The minimum Gasteiger partial charge on any atom is -0.480 e. The largest absolute Gasteiger partial charge is 0.480 e. The highest BCUT2D eigenvalue weighted by Gasteiger charge is 2.30. The molecule has 2 atom stereocenters. The molecular weight excluding hydrogens is 232 g/mol. The van der Waals surface area contributed by atoms with Crippen molar-refractivity contribution in [3.05, 3.63) is 0 Å². The number of nitrogens with one attached hydrogen (secondary N) is 1. The Morgan fingerprint density at radius 3 is 2.72 bits per heavy atom. The molecular formula is C13H24N2O3. The molecule has 0 bridgehead atoms. The van der Waals surface area contributed by atoms with Crippen LogP contribution < -0.4 is 5.32 Å². The number of aliphatic carboxylic acids is 1. The van der Waals surface area contributed by atoms with Gasteiger partial charge in [0.2, 0.25) is 5.91 Å². The fourth-order valence-electron chi connectivity index (χ4n) is 2.46. The van der Waals surface area contributed by atoms with Crippen LogP contribution in [0, 0.1) is 0 Å². The summed E-state index contributed by atoms with van der Waals surface area (Å²) in [4.78, 5) is 25.0. The average Bonchev–Trinajstić information content (AvgIpc) is 2.54. The lowest BCUT2D eigenvalue weighted by Gasteiger charge is -2.28. The van der Waals surface area contributed by atoms with Crippen LogP contribution in [0.15, 0.2) is 0 Å². The van der Waals surface area contributed by atoms with E-state index in [4.69, 9.17) is 0 Å². The van der Waals surface area contributed by atoms with Gasteiger partial charge in [-0.2, -0.15) is 0 Å². The van der Waals surface area contributed by atoms with Gasteiger partial charge in [0.05, 0.1) is 0 Å². The van der Waals surface area contributed by atoms with Crippen molar-refractivity contribution in [2.45, 2.75) is 58.0 Å². The summed E-state index contributed by atoms with van der Waals surface area (Å²) in [6.07, 6.45) is 3.76. The number of nitrogens with zero attached hydrogens (tertiary/aromatic N) is 1. The van der Waals surface area contributed by atoms with Crippen LogP contribution >= 0.6 is 0 Å². The Balaban J connectivity index is 2.63. The molecule has 1 aliphatic heterocycles. The molecule has 0 aromatic carbocycles. The number of likely N-dealkylation sites (tertiary alicyclic amines) is 1. The van der Waals surface area contributed by atoms with E-state index in [1.165, 1.54) is 0 Å². The molecule has 0 aliphatic carbocycles. The number of hydrogen-bond donors (Lipinski definition) is 2. The zero-order valence-corrected chi connectivity index (χ0v) is 11.3. The number of carboxylic acid groups (broad SMARTS) is 1. The second kappa shape index (κ2) is 7.36. The number of carbonyl (C=O) groups excluding carboxylic acids is 1. The SMILES string of the molecule is CCNC(C)CC(=O)N1CCCCCC1C(=O)O. The van der Waals surface area contributed by atoms with Gasteiger partial charge in [-0.05, 0) is 26.3 Å². The first-order valence-corrected chi connectivity index (χ1v) is 6.82. The average molecular weight is 256 g/mol. The third kappa shape index (κ3) is 4.29. The maximum atomic E-state index is 12.2. The van der Waals surface area contributed by atoms with Gasteiger partial charge in [-0.1, -0.05) is 19.8 Å². The van der Waals surface area contributed by atoms with Crippen molar-refractivity contribution in [1.82, 2.24) is 10.2 Å². The molecule has 0 aromatic heterocycles. The molecule has 18 heavy (non-hydrogen) atoms. The molecule has 5 heteroatoms. The first-order chi connectivity index (χ1) is 8.56. The van der Waals surface area contributed by atoms with Gasteiger partial charge < -0.3 is 15.3 Å². The van der Waals surface area contributed by atoms with E-state index in [1.54, 1.807) is 4.90 Å². The molecule has 1 saturated heterocycles. The van der Waals surface area contributed by atoms with Crippen molar-refractivity contribution in [3.8, 4) is 0 Å². The third-order valence-electron chi connectivity index (χ3n) is 3.39. The predicted octanol–water partition coefficient (Wildman–Crippen LogP) is 1.23. The summed E-state index contributed by atoms with van der Waals surface area (Å²) >= 11 is 0. The molecule has 1 heterocycles. The molecule has 2 unspecified atom stereocenters. The summed E-state index contributed by atoms with van der Waals surface area (Å²) in [5.41, 5.74) is 0. The van der Waals surface area contributed by atoms with E-state index in [1.807, 2.05) is 13.8 Å². The molecule has 0 radical (unpaired) electrons. The van der Waals surface area contributed by atoms with Gasteiger partial charge in [0.1, 0.15) is 6.04 Å². The van der Waals surface area contributed by atoms with Crippen LogP contribution in [0.1, 0.15) is 46.0 Å². The maximum Gasteiger partial charge on any atom is 0.326 e. The van der Waals surface area contributed by atoms with Crippen LogP contribution in [0.3, 0.4) is 0 Å². The van der Waals surface area contributed by atoms with Crippen molar-refractivity contribution in [3.63, 3.8) is 0 Å². The van der Waals surface area contributed by atoms with Gasteiger partial charge >= 0.3 is 5.97 Å². The predicted molar refractivity (Wildman–Crippen MR) is 69.4 cm³/mol. The highest BCUT2D eigenvalue weighted by molar-refractivity contribution is 5.84. The standard InChI is InChI=1S/C13H24N2O3/c1-3-14-10(2)9-12(16)15-8-6-4-5-7-11(15)13(17)18/h10-11,14H,3-9H2,1-2H3,(H,17,18). The van der Waals surface area contributed by atoms with E-state index in [-0.39, 0.29) is 11.9 Å². The molecule has 1 fully saturated rings. The van der Waals surface area contributed by atoms with Gasteiger partial charge in [0, 0.05) is 19.0 Å². The van der Waals surface area contributed by atoms with Gasteiger partial charge in [-0.3, -0.25) is 4.79 Å². The lowest BCUT2D eigenvalue weighted by Crippen LogP contribution is -2.46. The van der Waals surface area contributed by atoms with Gasteiger partial charge in [-0.25, -0.2) is 4.79 Å². The number of carbonyl (C=O) groups is 2. The Bertz CT molecular complexity index is 294. The van der Waals surface area contributed by atoms with Gasteiger partial charge in [0.25, 0.3) is 0 Å². The third-order valence-corrected chi connectivity index (χ3v) is 3.39. The fourth-order valence-corrected chi connectivity index (χ4v) is 2.46. The highest BCUT2D eigenvalue weighted by Crippen LogP contribution is 2.18. The molecule has 1 amide bonds. The number of carboxylic acids is 1. The zero-order valence-electron chi connectivity index (χ0n) is 11.3. The number of rotatable bonds is 5. The highest BCUT2D eigenvalue weighted by atomic mass is 16.4. The summed E-state index contributed by atoms with van der Waals surface area (Å²) in [6, 6.07) is -0.533. The van der Waals surface area contributed by atoms with Crippen LogP contribution in [0.5, 0.6) is 0 Å². The van der Waals surface area contributed by atoms with E-state index in [9.17, 15) is 14.7 Å². The molecule has 0 saturated carbocycles. The van der Waals surface area contributed by atoms with Crippen LogP contribution in [0.2, 0.25) is 0 Å². The summed E-state index contributed by atoms with van der Waals surface area (Å²) < 4.78 is 0. The van der Waals surface area contributed by atoms with Crippen molar-refractivity contribution < 1.29 is 14.7 Å². The van der Waals surface area contributed by atoms with E-state index in [0.29, 0.717) is 19.4 Å². The number of amides is 1. The Hall–Kier alpha value is -1.10. The summed E-state index contributed by atoms with van der Waals surface area (Å²) in [6.45, 7) is 5.34. The first-order valence-electron chi connectivity index (χ1n) is 6.82. The summed E-state index contributed by atoms with van der Waals surface area (Å²) in [5, 5.41) is 12.4. The second-order valence-electron chi connectivity index (χ2n) is 4.95. The molecule has 104 valence electrons. The fraction of sp³-hybridized carbons (Fsp3) is 0.846. The van der Waals surface area contributed by atoms with E-state index in [0.717, 1.165) is 25.8 Å². The van der Waals surface area contributed by atoms with E-state index < -0.39 is 12.0 Å². The second-order valence-corrected chi connectivity index (χ2v) is 4.95. The van der Waals surface area contributed by atoms with Crippen LogP contribution in [-0.2, 0) is 9.59 Å². The first kappa shape index (κ1) is 15.0. The van der Waals surface area contributed by atoms with Gasteiger partial charge in [-0.15, -0.1) is 0 Å². The lowest BCUT2D eigenvalue weighted by atomic mass is 10.1. The Kier molecular flexibility index (Phi) is 6.12. The van der Waals surface area contributed by atoms with Crippen molar-refractivity contribution in [1.29, 1.82) is 0 Å². The van der Waals surface area contributed by atoms with Crippen LogP contribution in [0.25, 0.3) is 0 Å². The van der Waals surface area contributed by atoms with Crippen molar-refractivity contribution >= 4 is 11.9 Å². The van der Waals surface area contributed by atoms with Crippen LogP contribution in [-0.4, -0.2) is 47.1 Å². The quantitative estimate of drug-likeness (QED) is 0.776. The Labute approximate surface area is 109 Å². The zero-order chi connectivity index (χ0) is 13.5. The van der Waals surface area contributed by atoms with E-state index >= 15 is 0 Å². The molecule has 2 N–H and O–H groups in total. The van der Waals surface area contributed by atoms with Crippen molar-refractivity contribution in [2.75, 3.05) is 13.1 Å².